The molecule has 1 aromatic carbocycles. The highest BCUT2D eigenvalue weighted by molar-refractivity contribution is 7.78. The van der Waals surface area contributed by atoms with E-state index >= 15 is 0 Å². The summed E-state index contributed by atoms with van der Waals surface area (Å²) in [5.41, 5.74) is 6.74. The van der Waals surface area contributed by atoms with Gasteiger partial charge in [-0.25, -0.2) is 0 Å². The third kappa shape index (κ3) is 2.54. The summed E-state index contributed by atoms with van der Waals surface area (Å²) in [7, 11) is 0. The van der Waals surface area contributed by atoms with Crippen LogP contribution in [-0.2, 0) is 16.8 Å². The fourth-order valence-corrected chi connectivity index (χ4v) is 1.39. The monoisotopic (exact) mass is 195 g/mol. The quantitative estimate of drug-likeness (QED) is 0.550. The summed E-state index contributed by atoms with van der Waals surface area (Å²) in [5.74, 6) is -0.0735. The average Bonchev–Trinajstić information content (AvgIpc) is 2.03. The van der Waals surface area contributed by atoms with Crippen LogP contribution in [0.2, 0.25) is 0 Å². The molecular weight excluding hydrogens is 188 g/mol. The highest BCUT2D eigenvalue weighted by atomic mass is 32.2. The Balaban J connectivity index is 2.97. The van der Waals surface area contributed by atoms with E-state index in [1.54, 1.807) is 6.07 Å². The van der Waals surface area contributed by atoms with Crippen LogP contribution in [0, 0.1) is 11.3 Å². The van der Waals surface area contributed by atoms with E-state index in [2.05, 4.69) is 0 Å². The van der Waals surface area contributed by atoms with Gasteiger partial charge in [-0.15, -0.1) is 0 Å². The lowest BCUT2D eigenvalue weighted by molar-refractivity contribution is 0.536. The second kappa shape index (κ2) is 4.03. The smallest absolute Gasteiger partial charge is 0.101 e. The first kappa shape index (κ1) is 9.71. The van der Waals surface area contributed by atoms with Gasteiger partial charge in [0.1, 0.15) is 6.07 Å². The molecule has 0 aliphatic carbocycles. The lowest BCUT2D eigenvalue weighted by Crippen LogP contribution is -1.96. The molecule has 13 heavy (non-hydrogen) atoms. The van der Waals surface area contributed by atoms with Gasteiger partial charge in [0.05, 0.1) is 5.56 Å². The van der Waals surface area contributed by atoms with Crippen molar-refractivity contribution in [3.05, 3.63) is 29.3 Å². The van der Waals surface area contributed by atoms with Crippen molar-refractivity contribution in [3.8, 4) is 6.07 Å². The lowest BCUT2D eigenvalue weighted by Gasteiger charge is -2.05. The molecule has 0 bridgehead atoms. The highest BCUT2D eigenvalue weighted by Gasteiger charge is 1.99. The predicted octanol–water partition coefficient (Wildman–Crippen LogP) is 0.520. The van der Waals surface area contributed by atoms with E-state index in [-0.39, 0.29) is 5.75 Å². The van der Waals surface area contributed by atoms with Crippen molar-refractivity contribution in [2.75, 3.05) is 5.73 Å². The third-order valence-corrected chi connectivity index (χ3v) is 2.09. The second-order valence-corrected chi connectivity index (χ2v) is 3.38. The van der Waals surface area contributed by atoms with Gasteiger partial charge >= 0.3 is 0 Å². The summed E-state index contributed by atoms with van der Waals surface area (Å²) in [6.07, 6.45) is 0. The number of nitrogens with zero attached hydrogens (tertiary/aromatic N) is 1. The molecule has 0 saturated carbocycles. The Morgan fingerprint density at radius 3 is 2.77 bits per heavy atom. The van der Waals surface area contributed by atoms with Crippen molar-refractivity contribution in [2.45, 2.75) is 5.75 Å². The van der Waals surface area contributed by atoms with Crippen LogP contribution in [0.4, 0.5) is 5.69 Å². The van der Waals surface area contributed by atoms with Crippen LogP contribution in [0.1, 0.15) is 11.1 Å². The topological polar surface area (TPSA) is 89.9 Å². The van der Waals surface area contributed by atoms with Gasteiger partial charge in [-0.1, -0.05) is 17.1 Å². The molecule has 1 aromatic rings. The number of nitrogens with two attached hydrogens (primary N) is 1. The average molecular weight is 195 g/mol. The molecule has 0 heterocycles. The summed E-state index contributed by atoms with van der Waals surface area (Å²) in [5, 5.41) is 8.54. The zero-order chi connectivity index (χ0) is 9.84. The Kier molecular flexibility index (Phi) is 3.01. The summed E-state index contributed by atoms with van der Waals surface area (Å²) >= 11 is -2.12. The van der Waals surface area contributed by atoms with Gasteiger partial charge in [-0.3, -0.25) is 4.21 Å². The van der Waals surface area contributed by atoms with E-state index < -0.39 is 11.1 Å². The zero-order valence-corrected chi connectivity index (χ0v) is 7.50. The van der Waals surface area contributed by atoms with E-state index in [0.717, 1.165) is 0 Å². The van der Waals surface area contributed by atoms with E-state index in [0.29, 0.717) is 16.8 Å². The number of nitrogen functional groups attached to an aromatic ring is 1. The second-order valence-electron chi connectivity index (χ2n) is 2.48. The Morgan fingerprint density at radius 2 is 2.31 bits per heavy atom. The van der Waals surface area contributed by atoms with Crippen molar-refractivity contribution >= 4 is 16.8 Å². The maximum absolute atomic E-state index is 10.3. The van der Waals surface area contributed by atoms with E-state index in [1.165, 1.54) is 12.1 Å². The zero-order valence-electron chi connectivity index (χ0n) is 6.69. The summed E-state index contributed by atoms with van der Waals surface area (Å²) in [6, 6.07) is 6.48. The molecule has 0 fully saturated rings. The molecule has 68 valence electrons. The van der Waals surface area contributed by atoms with Crippen LogP contribution in [0.5, 0.6) is 0 Å². The first-order valence-corrected chi connectivity index (χ1v) is 4.72. The fourth-order valence-electron chi connectivity index (χ4n) is 0.940. The van der Waals surface area contributed by atoms with Crippen molar-refractivity contribution in [1.29, 1.82) is 5.26 Å². The van der Waals surface area contributed by atoms with Gasteiger partial charge in [0.25, 0.3) is 0 Å². The molecule has 0 saturated heterocycles. The van der Waals surface area contributed by atoms with Crippen molar-refractivity contribution < 1.29 is 8.76 Å². The number of anilines is 1. The van der Waals surface area contributed by atoms with Crippen molar-refractivity contribution in [2.24, 2.45) is 0 Å². The molecule has 1 atom stereocenters. The van der Waals surface area contributed by atoms with Gasteiger partial charge in [0, 0.05) is 11.4 Å². The molecule has 2 N–H and O–H groups in total. The molecule has 0 aromatic heterocycles. The van der Waals surface area contributed by atoms with Gasteiger partial charge in [-0.2, -0.15) is 5.26 Å². The molecule has 5 heteroatoms. The first-order valence-electron chi connectivity index (χ1n) is 3.48. The van der Waals surface area contributed by atoms with E-state index in [4.69, 9.17) is 11.0 Å². The predicted molar refractivity (Wildman–Crippen MR) is 48.2 cm³/mol. The minimum absolute atomic E-state index is 0.0735. The Bertz CT molecular complexity index is 384. The van der Waals surface area contributed by atoms with Crippen LogP contribution < -0.4 is 5.73 Å². The number of hydrogen-bond donors (Lipinski definition) is 1. The van der Waals surface area contributed by atoms with Gasteiger partial charge in [0.15, 0.2) is 0 Å². The van der Waals surface area contributed by atoms with E-state index in [9.17, 15) is 8.76 Å². The van der Waals surface area contributed by atoms with Gasteiger partial charge in [0.2, 0.25) is 0 Å². The molecule has 0 aliphatic heterocycles. The largest absolute Gasteiger partial charge is 0.772 e. The molecule has 0 radical (unpaired) electrons. The van der Waals surface area contributed by atoms with Crippen LogP contribution >= 0.6 is 0 Å². The molecule has 0 aliphatic rings. The third-order valence-electron chi connectivity index (χ3n) is 1.52. The summed E-state index contributed by atoms with van der Waals surface area (Å²) < 4.78 is 20.7. The van der Waals surface area contributed by atoms with E-state index in [1.807, 2.05) is 6.07 Å². The van der Waals surface area contributed by atoms with Gasteiger partial charge < -0.3 is 10.3 Å². The summed E-state index contributed by atoms with van der Waals surface area (Å²) in [6.45, 7) is 0. The lowest BCUT2D eigenvalue weighted by atomic mass is 10.1. The SMILES string of the molecule is N#Cc1ccc(CS(=O)[O-])cc1N. The Labute approximate surface area is 78.3 Å². The minimum Gasteiger partial charge on any atom is -0.772 e. The fraction of sp³-hybridized carbons (Fsp3) is 0.125. The van der Waals surface area contributed by atoms with Crippen LogP contribution in [0.3, 0.4) is 0 Å². The highest BCUT2D eigenvalue weighted by Crippen LogP contribution is 2.13. The normalized spacial score (nSPS) is 12.0. The molecule has 1 unspecified atom stereocenters. The summed E-state index contributed by atoms with van der Waals surface area (Å²) in [4.78, 5) is 0. The molecule has 0 spiro atoms. The standard InChI is InChI=1S/C8H8N2O2S/c9-4-7-2-1-6(3-8(7)10)5-13(11)12/h1-3H,5,10H2,(H,11,12)/p-1. The van der Waals surface area contributed by atoms with Crippen LogP contribution in [0.25, 0.3) is 0 Å². The maximum atomic E-state index is 10.3. The first-order chi connectivity index (χ1) is 6.13. The minimum atomic E-state index is -2.12. The number of rotatable bonds is 2. The number of hydrogen-bond acceptors (Lipinski definition) is 4. The van der Waals surface area contributed by atoms with Gasteiger partial charge in [-0.05, 0) is 17.7 Å². The van der Waals surface area contributed by atoms with Crippen LogP contribution in [0.15, 0.2) is 18.2 Å². The molecule has 1 rings (SSSR count). The molecule has 0 amide bonds. The van der Waals surface area contributed by atoms with Crippen molar-refractivity contribution in [3.63, 3.8) is 0 Å². The number of benzene rings is 1. The van der Waals surface area contributed by atoms with Crippen LogP contribution in [-0.4, -0.2) is 8.76 Å². The molecule has 4 nitrogen and oxygen atoms in total. The number of nitriles is 1. The maximum Gasteiger partial charge on any atom is 0.101 e. The Morgan fingerprint density at radius 1 is 1.62 bits per heavy atom. The Hall–Kier alpha value is -1.38. The molecular formula is C8H7N2O2S-. The van der Waals surface area contributed by atoms with Crippen molar-refractivity contribution in [1.82, 2.24) is 0 Å².